The Morgan fingerprint density at radius 3 is 2.81 bits per heavy atom. The monoisotopic (exact) mass is 219 g/mol. The highest BCUT2D eigenvalue weighted by atomic mass is 19.1. The number of hydrogen-bond donors (Lipinski definition) is 1. The zero-order chi connectivity index (χ0) is 11.5. The molecule has 1 heterocycles. The lowest BCUT2D eigenvalue weighted by Crippen LogP contribution is -2.28. The van der Waals surface area contributed by atoms with Crippen molar-refractivity contribution in [3.8, 4) is 6.07 Å². The molecule has 2 rings (SSSR count). The number of halogens is 1. The highest BCUT2D eigenvalue weighted by Gasteiger charge is 2.29. The molecule has 1 fully saturated rings. The Balaban J connectivity index is 2.11. The molecule has 0 bridgehead atoms. The van der Waals surface area contributed by atoms with Crippen LogP contribution in [0.3, 0.4) is 0 Å². The van der Waals surface area contributed by atoms with Crippen LogP contribution in [0.4, 0.5) is 9.18 Å². The summed E-state index contributed by atoms with van der Waals surface area (Å²) in [5.74, 6) is -0.304. The number of amides is 2. The van der Waals surface area contributed by atoms with E-state index < -0.39 is 0 Å². The first-order chi connectivity index (χ1) is 7.70. The summed E-state index contributed by atoms with van der Waals surface area (Å²) in [7, 11) is 0. The van der Waals surface area contributed by atoms with E-state index >= 15 is 0 Å². The number of rotatable bonds is 2. The van der Waals surface area contributed by atoms with E-state index in [-0.39, 0.29) is 24.4 Å². The molecule has 82 valence electrons. The summed E-state index contributed by atoms with van der Waals surface area (Å²) in [6.45, 7) is 0.515. The molecule has 0 aromatic heterocycles. The van der Waals surface area contributed by atoms with Crippen LogP contribution in [0.5, 0.6) is 0 Å². The highest BCUT2D eigenvalue weighted by molar-refractivity contribution is 5.77. The highest BCUT2D eigenvalue weighted by Crippen LogP contribution is 2.19. The van der Waals surface area contributed by atoms with E-state index in [2.05, 4.69) is 5.32 Å². The van der Waals surface area contributed by atoms with Gasteiger partial charge in [-0.3, -0.25) is 0 Å². The lowest BCUT2D eigenvalue weighted by molar-refractivity contribution is 0.222. The molecule has 1 aromatic rings. The third-order valence-electron chi connectivity index (χ3n) is 2.52. The van der Waals surface area contributed by atoms with Crippen LogP contribution in [0.2, 0.25) is 0 Å². The molecule has 1 aromatic carbocycles. The van der Waals surface area contributed by atoms with Crippen LogP contribution >= 0.6 is 0 Å². The second-order valence-electron chi connectivity index (χ2n) is 3.59. The Labute approximate surface area is 92.3 Å². The van der Waals surface area contributed by atoms with Crippen LogP contribution < -0.4 is 5.32 Å². The molecule has 1 aliphatic heterocycles. The summed E-state index contributed by atoms with van der Waals surface area (Å²) in [5.41, 5.74) is 0.843. The van der Waals surface area contributed by atoms with E-state index in [0.717, 1.165) is 5.56 Å². The van der Waals surface area contributed by atoms with Gasteiger partial charge in [-0.1, -0.05) is 12.1 Å². The van der Waals surface area contributed by atoms with E-state index in [4.69, 9.17) is 5.26 Å². The molecule has 0 radical (unpaired) electrons. The first kappa shape index (κ1) is 10.4. The number of nitrogens with zero attached hydrogens (tertiary/aromatic N) is 2. The van der Waals surface area contributed by atoms with Gasteiger partial charge in [0.1, 0.15) is 12.4 Å². The summed E-state index contributed by atoms with van der Waals surface area (Å²) in [4.78, 5) is 12.8. The van der Waals surface area contributed by atoms with Crippen molar-refractivity contribution < 1.29 is 9.18 Å². The van der Waals surface area contributed by atoms with Crippen LogP contribution in [0, 0.1) is 17.1 Å². The van der Waals surface area contributed by atoms with Crippen molar-refractivity contribution in [1.29, 1.82) is 5.26 Å². The van der Waals surface area contributed by atoms with Gasteiger partial charge in [0.05, 0.1) is 12.1 Å². The number of carbonyl (C=O) groups excluding carboxylic acids is 1. The quantitative estimate of drug-likeness (QED) is 0.765. The third-order valence-corrected chi connectivity index (χ3v) is 2.52. The van der Waals surface area contributed by atoms with Gasteiger partial charge in [-0.2, -0.15) is 5.26 Å². The minimum atomic E-state index is -0.304. The molecule has 5 heteroatoms. The number of nitrogens with one attached hydrogen (secondary N) is 1. The molecule has 4 nitrogen and oxygen atoms in total. The second-order valence-corrected chi connectivity index (χ2v) is 3.59. The van der Waals surface area contributed by atoms with Crippen molar-refractivity contribution in [2.75, 3.05) is 13.1 Å². The Kier molecular flexibility index (Phi) is 2.73. The molecular weight excluding hydrogens is 209 g/mol. The molecule has 1 aliphatic rings. The molecule has 1 saturated heterocycles. The fourth-order valence-electron chi connectivity index (χ4n) is 1.69. The summed E-state index contributed by atoms with van der Waals surface area (Å²) in [6.07, 6.45) is 0. The van der Waals surface area contributed by atoms with Gasteiger partial charge in [-0.25, -0.2) is 9.18 Å². The lowest BCUT2D eigenvalue weighted by atomic mass is 10.1. The number of benzene rings is 1. The van der Waals surface area contributed by atoms with Gasteiger partial charge in [-0.15, -0.1) is 0 Å². The van der Waals surface area contributed by atoms with Crippen molar-refractivity contribution >= 4 is 6.03 Å². The average Bonchev–Trinajstić information content (AvgIpc) is 2.62. The van der Waals surface area contributed by atoms with Crippen molar-refractivity contribution in [1.82, 2.24) is 10.2 Å². The smallest absolute Gasteiger partial charge is 0.318 e. The van der Waals surface area contributed by atoms with Gasteiger partial charge in [0, 0.05) is 6.54 Å². The maximum atomic E-state index is 12.7. The zero-order valence-electron chi connectivity index (χ0n) is 8.48. The third kappa shape index (κ3) is 1.96. The standard InChI is InChI=1S/C11H10FN3O/c12-9-3-1-8(2-4-9)10-7-15(6-5-13)11(16)14-10/h1-4,10H,6-7H2,(H,14,16). The average molecular weight is 219 g/mol. The predicted octanol–water partition coefficient (Wildman–Crippen LogP) is 1.42. The molecule has 0 spiro atoms. The van der Waals surface area contributed by atoms with Crippen molar-refractivity contribution in [2.45, 2.75) is 6.04 Å². The minimum Gasteiger partial charge on any atom is -0.329 e. The summed E-state index contributed by atoms with van der Waals surface area (Å²) < 4.78 is 12.7. The minimum absolute atomic E-state index is 0.0729. The molecule has 1 atom stereocenters. The fraction of sp³-hybridized carbons (Fsp3) is 0.273. The number of hydrogen-bond acceptors (Lipinski definition) is 2. The van der Waals surface area contributed by atoms with Gasteiger partial charge < -0.3 is 10.2 Å². The summed E-state index contributed by atoms with van der Waals surface area (Å²) in [5, 5.41) is 11.3. The van der Waals surface area contributed by atoms with Crippen molar-refractivity contribution in [3.63, 3.8) is 0 Å². The van der Waals surface area contributed by atoms with Gasteiger partial charge in [0.2, 0.25) is 0 Å². The van der Waals surface area contributed by atoms with E-state index in [1.807, 2.05) is 6.07 Å². The Morgan fingerprint density at radius 1 is 1.50 bits per heavy atom. The van der Waals surface area contributed by atoms with Crippen LogP contribution in [0.1, 0.15) is 11.6 Å². The molecule has 0 aliphatic carbocycles. The summed E-state index contributed by atoms with van der Waals surface area (Å²) >= 11 is 0. The van der Waals surface area contributed by atoms with E-state index in [1.54, 1.807) is 12.1 Å². The van der Waals surface area contributed by atoms with Gasteiger partial charge in [0.15, 0.2) is 0 Å². The lowest BCUT2D eigenvalue weighted by Gasteiger charge is -2.10. The van der Waals surface area contributed by atoms with E-state index in [0.29, 0.717) is 6.54 Å². The maximum absolute atomic E-state index is 12.7. The van der Waals surface area contributed by atoms with Crippen LogP contribution in [0.15, 0.2) is 24.3 Å². The molecule has 2 amide bonds. The largest absolute Gasteiger partial charge is 0.329 e. The first-order valence-electron chi connectivity index (χ1n) is 4.88. The van der Waals surface area contributed by atoms with Crippen LogP contribution in [-0.4, -0.2) is 24.0 Å². The predicted molar refractivity (Wildman–Crippen MR) is 54.9 cm³/mol. The van der Waals surface area contributed by atoms with E-state index in [9.17, 15) is 9.18 Å². The Bertz CT molecular complexity index is 438. The number of nitriles is 1. The van der Waals surface area contributed by atoms with Crippen LogP contribution in [0.25, 0.3) is 0 Å². The normalized spacial score (nSPS) is 19.4. The zero-order valence-corrected chi connectivity index (χ0v) is 8.48. The molecule has 1 N–H and O–H groups in total. The Morgan fingerprint density at radius 2 is 2.19 bits per heavy atom. The number of urea groups is 1. The Hall–Kier alpha value is -2.09. The van der Waals surface area contributed by atoms with E-state index in [1.165, 1.54) is 17.0 Å². The fourth-order valence-corrected chi connectivity index (χ4v) is 1.69. The molecule has 1 unspecified atom stereocenters. The topological polar surface area (TPSA) is 56.1 Å². The SMILES string of the molecule is N#CCN1CC(c2ccc(F)cc2)NC1=O. The van der Waals surface area contributed by atoms with Gasteiger partial charge in [-0.05, 0) is 17.7 Å². The second kappa shape index (κ2) is 4.19. The first-order valence-corrected chi connectivity index (χ1v) is 4.88. The number of carbonyl (C=O) groups is 1. The van der Waals surface area contributed by atoms with Crippen molar-refractivity contribution in [3.05, 3.63) is 35.6 Å². The van der Waals surface area contributed by atoms with Crippen molar-refractivity contribution in [2.24, 2.45) is 0 Å². The molecule has 16 heavy (non-hydrogen) atoms. The molecule has 0 saturated carbocycles. The maximum Gasteiger partial charge on any atom is 0.318 e. The van der Waals surface area contributed by atoms with Gasteiger partial charge in [0.25, 0.3) is 0 Å². The van der Waals surface area contributed by atoms with Crippen LogP contribution in [-0.2, 0) is 0 Å². The van der Waals surface area contributed by atoms with Gasteiger partial charge >= 0.3 is 6.03 Å². The summed E-state index contributed by atoms with van der Waals surface area (Å²) in [6, 6.07) is 7.49. The molecular formula is C11H10FN3O.